The number of nitrogens with zero attached hydrogens (tertiary/aromatic N) is 1. The fraction of sp³-hybridized carbons (Fsp3) is 0.154. The van der Waals surface area contributed by atoms with Crippen molar-refractivity contribution < 1.29 is 22.3 Å². The van der Waals surface area contributed by atoms with Gasteiger partial charge in [-0.05, 0) is 16.8 Å². The Balaban J connectivity index is 2.15. The molecule has 106 valence electrons. The molecule has 0 aromatic heterocycles. The van der Waals surface area contributed by atoms with E-state index in [9.17, 15) is 13.5 Å². The fourth-order valence-electron chi connectivity index (χ4n) is 1.77. The van der Waals surface area contributed by atoms with Gasteiger partial charge < -0.3 is 5.11 Å². The number of hydrogen-bond acceptors (Lipinski definition) is 5. The lowest BCUT2D eigenvalue weighted by atomic mass is 10.0. The zero-order valence-corrected chi connectivity index (χ0v) is 11.2. The monoisotopic (exact) mass is 295 g/mol. The second kappa shape index (κ2) is 6.00. The maximum Gasteiger partial charge on any atom is 0.397 e. The molecule has 2 aromatic rings. The first-order valence-corrected chi connectivity index (χ1v) is 7.16. The lowest BCUT2D eigenvalue weighted by Crippen LogP contribution is -2.06. The highest BCUT2D eigenvalue weighted by atomic mass is 32.3. The van der Waals surface area contributed by atoms with Crippen molar-refractivity contribution in [3.63, 3.8) is 0 Å². The van der Waals surface area contributed by atoms with Crippen LogP contribution in [0.1, 0.15) is 5.56 Å². The Morgan fingerprint density at radius 3 is 2.70 bits per heavy atom. The first-order valence-electron chi connectivity index (χ1n) is 5.80. The number of phenolic OH excluding ortho intramolecular Hbond substituents is 1. The first kappa shape index (κ1) is 14.4. The number of fused-ring (bicyclic) bond motifs is 1. The van der Waals surface area contributed by atoms with Gasteiger partial charge in [0.15, 0.2) is 0 Å². The molecule has 7 heteroatoms. The third-order valence-corrected chi connectivity index (χ3v) is 3.09. The van der Waals surface area contributed by atoms with Gasteiger partial charge in [-0.3, -0.25) is 9.55 Å². The van der Waals surface area contributed by atoms with E-state index in [4.69, 9.17) is 4.55 Å². The molecule has 0 aliphatic rings. The van der Waals surface area contributed by atoms with Crippen LogP contribution in [0.2, 0.25) is 0 Å². The average Bonchev–Trinajstić information content (AvgIpc) is 2.39. The lowest BCUT2D eigenvalue weighted by molar-refractivity contribution is 0.276. The third kappa shape index (κ3) is 3.77. The van der Waals surface area contributed by atoms with E-state index in [1.54, 1.807) is 12.1 Å². The molecule has 0 saturated carbocycles. The average molecular weight is 295 g/mol. The molecule has 2 N–H and O–H groups in total. The number of benzene rings is 2. The summed E-state index contributed by atoms with van der Waals surface area (Å²) in [4.78, 5) is 3.97. The van der Waals surface area contributed by atoms with Crippen molar-refractivity contribution in [2.45, 2.75) is 0 Å². The van der Waals surface area contributed by atoms with E-state index in [0.717, 1.165) is 10.8 Å². The minimum absolute atomic E-state index is 0.0441. The van der Waals surface area contributed by atoms with Gasteiger partial charge in [0, 0.05) is 11.8 Å². The Hall–Kier alpha value is -1.96. The summed E-state index contributed by atoms with van der Waals surface area (Å²) in [6.07, 6.45) is 1.45. The topological polar surface area (TPSA) is 96.2 Å². The predicted octanol–water partition coefficient (Wildman–Crippen LogP) is 1.78. The van der Waals surface area contributed by atoms with Gasteiger partial charge in [0.1, 0.15) is 5.75 Å². The number of hydrogen-bond donors (Lipinski definition) is 2. The molecular weight excluding hydrogens is 282 g/mol. The number of phenols is 1. The molecule has 20 heavy (non-hydrogen) atoms. The van der Waals surface area contributed by atoms with Crippen LogP contribution in [0.3, 0.4) is 0 Å². The minimum atomic E-state index is -4.44. The van der Waals surface area contributed by atoms with Gasteiger partial charge in [-0.25, -0.2) is 4.18 Å². The molecule has 0 unspecified atom stereocenters. The van der Waals surface area contributed by atoms with E-state index in [0.29, 0.717) is 5.56 Å². The van der Waals surface area contributed by atoms with Gasteiger partial charge in [0.05, 0.1) is 13.2 Å². The van der Waals surface area contributed by atoms with E-state index in [-0.39, 0.29) is 18.9 Å². The van der Waals surface area contributed by atoms with Crippen molar-refractivity contribution >= 4 is 27.4 Å². The van der Waals surface area contributed by atoms with Crippen molar-refractivity contribution in [3.05, 3.63) is 42.0 Å². The maximum atomic E-state index is 10.3. The summed E-state index contributed by atoms with van der Waals surface area (Å²) in [5.74, 6) is 0.0862. The van der Waals surface area contributed by atoms with Gasteiger partial charge in [0.2, 0.25) is 0 Å². The predicted molar refractivity (Wildman–Crippen MR) is 75.6 cm³/mol. The van der Waals surface area contributed by atoms with E-state index >= 15 is 0 Å². The summed E-state index contributed by atoms with van der Waals surface area (Å²) in [5.41, 5.74) is 0.551. The summed E-state index contributed by atoms with van der Waals surface area (Å²) < 4.78 is 33.2. The van der Waals surface area contributed by atoms with Crippen LogP contribution in [0.25, 0.3) is 10.8 Å². The minimum Gasteiger partial charge on any atom is -0.507 e. The number of rotatable bonds is 5. The molecule has 0 saturated heterocycles. The second-order valence-electron chi connectivity index (χ2n) is 4.00. The van der Waals surface area contributed by atoms with Crippen LogP contribution in [0, 0.1) is 0 Å². The molecule has 0 radical (unpaired) electrons. The van der Waals surface area contributed by atoms with Crippen molar-refractivity contribution in [3.8, 4) is 5.75 Å². The smallest absolute Gasteiger partial charge is 0.397 e. The van der Waals surface area contributed by atoms with Crippen LogP contribution < -0.4 is 0 Å². The molecule has 0 amide bonds. The van der Waals surface area contributed by atoms with Gasteiger partial charge in [-0.1, -0.05) is 30.3 Å². The highest BCUT2D eigenvalue weighted by molar-refractivity contribution is 7.80. The number of aliphatic imine (C=N–C) groups is 1. The van der Waals surface area contributed by atoms with Crippen LogP contribution in [0.5, 0.6) is 5.75 Å². The van der Waals surface area contributed by atoms with Crippen molar-refractivity contribution in [1.82, 2.24) is 0 Å². The van der Waals surface area contributed by atoms with Gasteiger partial charge in [0.25, 0.3) is 0 Å². The summed E-state index contributed by atoms with van der Waals surface area (Å²) in [6.45, 7) is -0.219. The van der Waals surface area contributed by atoms with Crippen LogP contribution in [-0.2, 0) is 14.6 Å². The van der Waals surface area contributed by atoms with Gasteiger partial charge in [-0.15, -0.1) is 0 Å². The third-order valence-electron chi connectivity index (χ3n) is 2.62. The highest BCUT2D eigenvalue weighted by Crippen LogP contribution is 2.25. The van der Waals surface area contributed by atoms with Crippen LogP contribution in [0.15, 0.2) is 41.4 Å². The van der Waals surface area contributed by atoms with Crippen molar-refractivity contribution in [2.75, 3.05) is 13.2 Å². The maximum absolute atomic E-state index is 10.3. The Morgan fingerprint density at radius 2 is 1.95 bits per heavy atom. The second-order valence-corrected chi connectivity index (χ2v) is 5.10. The standard InChI is InChI=1S/C13H13NO5S/c15-13-6-5-10-3-1-2-4-11(10)12(13)9-14-7-8-19-20(16,17)18/h1-6,9,15H,7-8H2,(H,16,17,18). The van der Waals surface area contributed by atoms with E-state index in [2.05, 4.69) is 9.18 Å². The molecule has 0 spiro atoms. The Bertz CT molecular complexity index is 740. The Kier molecular flexibility index (Phi) is 4.33. The van der Waals surface area contributed by atoms with Crippen molar-refractivity contribution in [2.24, 2.45) is 4.99 Å². The number of aromatic hydroxyl groups is 1. The molecule has 0 aliphatic carbocycles. The molecule has 2 rings (SSSR count). The molecule has 0 fully saturated rings. The molecule has 0 bridgehead atoms. The quantitative estimate of drug-likeness (QED) is 0.498. The molecule has 2 aromatic carbocycles. The Labute approximate surface area is 116 Å². The summed E-state index contributed by atoms with van der Waals surface area (Å²) in [7, 11) is -4.44. The van der Waals surface area contributed by atoms with Crippen molar-refractivity contribution in [1.29, 1.82) is 0 Å². The molecule has 0 atom stereocenters. The molecule has 6 nitrogen and oxygen atoms in total. The largest absolute Gasteiger partial charge is 0.507 e. The van der Waals surface area contributed by atoms with E-state index in [1.807, 2.05) is 24.3 Å². The first-order chi connectivity index (χ1) is 9.47. The highest BCUT2D eigenvalue weighted by Gasteiger charge is 2.05. The fourth-order valence-corrected chi connectivity index (χ4v) is 2.06. The van der Waals surface area contributed by atoms with Gasteiger partial charge >= 0.3 is 10.4 Å². The van der Waals surface area contributed by atoms with E-state index in [1.165, 1.54) is 6.21 Å². The van der Waals surface area contributed by atoms with E-state index < -0.39 is 10.4 Å². The Morgan fingerprint density at radius 1 is 1.20 bits per heavy atom. The van der Waals surface area contributed by atoms with Crippen LogP contribution in [0.4, 0.5) is 0 Å². The zero-order chi connectivity index (χ0) is 14.6. The molecular formula is C13H13NO5S. The van der Waals surface area contributed by atoms with Crippen LogP contribution >= 0.6 is 0 Å². The lowest BCUT2D eigenvalue weighted by Gasteiger charge is -2.04. The summed E-state index contributed by atoms with van der Waals surface area (Å²) in [5, 5.41) is 11.6. The van der Waals surface area contributed by atoms with Crippen LogP contribution in [-0.4, -0.2) is 37.4 Å². The SMILES string of the molecule is O=S(=O)(O)OCCN=Cc1c(O)ccc2ccccc12. The molecule has 0 heterocycles. The van der Waals surface area contributed by atoms with Gasteiger partial charge in [-0.2, -0.15) is 8.42 Å². The normalized spacial score (nSPS) is 12.2. The zero-order valence-electron chi connectivity index (χ0n) is 10.4. The summed E-state index contributed by atoms with van der Waals surface area (Å²) >= 11 is 0. The summed E-state index contributed by atoms with van der Waals surface area (Å²) in [6, 6.07) is 10.9. The molecule has 0 aliphatic heterocycles.